The Balaban J connectivity index is 2.28. The van der Waals surface area contributed by atoms with E-state index in [-0.39, 0.29) is 11.8 Å². The van der Waals surface area contributed by atoms with Crippen LogP contribution in [0, 0.1) is 5.92 Å². The van der Waals surface area contributed by atoms with Gasteiger partial charge in [0, 0.05) is 6.54 Å². The lowest BCUT2D eigenvalue weighted by Gasteiger charge is -2.20. The Hall–Kier alpha value is -0.870. The molecule has 4 heteroatoms. The molecule has 0 aliphatic heterocycles. The van der Waals surface area contributed by atoms with Gasteiger partial charge in [0.1, 0.15) is 0 Å². The zero-order chi connectivity index (χ0) is 12.7. The van der Waals surface area contributed by atoms with Crippen molar-refractivity contribution in [2.24, 2.45) is 5.92 Å². The van der Waals surface area contributed by atoms with E-state index in [1.54, 1.807) is 11.3 Å². The summed E-state index contributed by atoms with van der Waals surface area (Å²) in [7, 11) is 0. The molecule has 1 unspecified atom stereocenters. The molecule has 2 N–H and O–H groups in total. The Bertz CT molecular complexity index is 320. The van der Waals surface area contributed by atoms with Crippen LogP contribution in [0.15, 0.2) is 16.8 Å². The molecule has 0 saturated carbocycles. The van der Waals surface area contributed by atoms with Crippen LogP contribution < -0.4 is 5.32 Å². The first-order valence-electron chi connectivity index (χ1n) is 6.13. The second-order valence-corrected chi connectivity index (χ2v) is 5.04. The molecule has 1 aromatic heterocycles. The van der Waals surface area contributed by atoms with Gasteiger partial charge in [0.05, 0.1) is 12.5 Å². The lowest BCUT2D eigenvalue weighted by molar-refractivity contribution is -0.121. The minimum atomic E-state index is -0.434. The van der Waals surface area contributed by atoms with Gasteiger partial charge in [0.2, 0.25) is 5.91 Å². The molecule has 1 heterocycles. The largest absolute Gasteiger partial charge is 0.391 e. The molecule has 1 atom stereocenters. The molecular formula is C13H21NO2S. The van der Waals surface area contributed by atoms with E-state index in [2.05, 4.69) is 19.2 Å². The van der Waals surface area contributed by atoms with Crippen LogP contribution in [0.2, 0.25) is 0 Å². The maximum Gasteiger partial charge on any atom is 0.224 e. The molecular weight excluding hydrogens is 234 g/mol. The average Bonchev–Trinajstić information content (AvgIpc) is 2.81. The molecule has 1 rings (SSSR count). The van der Waals surface area contributed by atoms with E-state index in [4.69, 9.17) is 0 Å². The molecule has 3 nitrogen and oxygen atoms in total. The first kappa shape index (κ1) is 14.2. The van der Waals surface area contributed by atoms with Gasteiger partial charge < -0.3 is 10.4 Å². The maximum atomic E-state index is 11.6. The monoisotopic (exact) mass is 255 g/mol. The van der Waals surface area contributed by atoms with Crippen molar-refractivity contribution in [3.05, 3.63) is 22.4 Å². The number of carbonyl (C=O) groups excluding carboxylic acids is 1. The highest BCUT2D eigenvalue weighted by Gasteiger charge is 2.16. The Morgan fingerprint density at radius 3 is 2.71 bits per heavy atom. The van der Waals surface area contributed by atoms with Crippen molar-refractivity contribution < 1.29 is 9.90 Å². The van der Waals surface area contributed by atoms with Gasteiger partial charge in [-0.3, -0.25) is 4.79 Å². The van der Waals surface area contributed by atoms with Gasteiger partial charge in [-0.15, -0.1) is 0 Å². The van der Waals surface area contributed by atoms with Crippen molar-refractivity contribution in [3.8, 4) is 0 Å². The molecule has 0 aliphatic carbocycles. The van der Waals surface area contributed by atoms with E-state index >= 15 is 0 Å². The number of rotatable bonds is 7. The fourth-order valence-electron chi connectivity index (χ4n) is 1.86. The molecule has 17 heavy (non-hydrogen) atoms. The lowest BCUT2D eigenvalue weighted by atomic mass is 9.96. The summed E-state index contributed by atoms with van der Waals surface area (Å²) in [5.74, 6) is 0.254. The van der Waals surface area contributed by atoms with E-state index in [9.17, 15) is 9.90 Å². The van der Waals surface area contributed by atoms with E-state index < -0.39 is 6.10 Å². The SMILES string of the molecule is CCC(CC)C(O)CNC(=O)Cc1ccsc1. The van der Waals surface area contributed by atoms with E-state index in [1.165, 1.54) is 0 Å². The van der Waals surface area contributed by atoms with Crippen molar-refractivity contribution >= 4 is 17.2 Å². The number of hydrogen-bond acceptors (Lipinski definition) is 3. The van der Waals surface area contributed by atoms with Crippen molar-refractivity contribution in [1.29, 1.82) is 0 Å². The van der Waals surface area contributed by atoms with Crippen LogP contribution in [0.1, 0.15) is 32.3 Å². The van der Waals surface area contributed by atoms with Gasteiger partial charge in [-0.25, -0.2) is 0 Å². The van der Waals surface area contributed by atoms with Crippen molar-refractivity contribution in [2.75, 3.05) is 6.54 Å². The summed E-state index contributed by atoms with van der Waals surface area (Å²) < 4.78 is 0. The third kappa shape index (κ3) is 4.88. The summed E-state index contributed by atoms with van der Waals surface area (Å²) >= 11 is 1.59. The van der Waals surface area contributed by atoms with Crippen LogP contribution in [0.3, 0.4) is 0 Å². The number of thiophene rings is 1. The van der Waals surface area contributed by atoms with Gasteiger partial charge in [-0.1, -0.05) is 26.7 Å². The highest BCUT2D eigenvalue weighted by atomic mass is 32.1. The second-order valence-electron chi connectivity index (χ2n) is 4.26. The molecule has 0 bridgehead atoms. The third-order valence-corrected chi connectivity index (χ3v) is 3.78. The molecule has 0 spiro atoms. The number of amides is 1. The summed E-state index contributed by atoms with van der Waals surface area (Å²) in [4.78, 5) is 11.6. The standard InChI is InChI=1S/C13H21NO2S/c1-3-11(4-2)12(15)8-14-13(16)7-10-5-6-17-9-10/h5-6,9,11-12,15H,3-4,7-8H2,1-2H3,(H,14,16). The Morgan fingerprint density at radius 2 is 2.18 bits per heavy atom. The molecule has 1 amide bonds. The number of nitrogens with one attached hydrogen (secondary N) is 1. The quantitative estimate of drug-likeness (QED) is 0.785. The van der Waals surface area contributed by atoms with Gasteiger partial charge in [-0.2, -0.15) is 11.3 Å². The van der Waals surface area contributed by atoms with Crippen LogP contribution >= 0.6 is 11.3 Å². The van der Waals surface area contributed by atoms with Crippen LogP contribution in [-0.4, -0.2) is 23.7 Å². The second kappa shape index (κ2) is 7.45. The number of aliphatic hydroxyl groups excluding tert-OH is 1. The smallest absolute Gasteiger partial charge is 0.224 e. The average molecular weight is 255 g/mol. The van der Waals surface area contributed by atoms with Crippen LogP contribution in [0.5, 0.6) is 0 Å². The van der Waals surface area contributed by atoms with Crippen LogP contribution in [0.25, 0.3) is 0 Å². The first-order valence-corrected chi connectivity index (χ1v) is 7.07. The normalized spacial score (nSPS) is 12.7. The summed E-state index contributed by atoms with van der Waals surface area (Å²) in [5, 5.41) is 16.6. The molecule has 0 aromatic carbocycles. The van der Waals surface area contributed by atoms with Crippen LogP contribution in [0.4, 0.5) is 0 Å². The van der Waals surface area contributed by atoms with Crippen LogP contribution in [-0.2, 0) is 11.2 Å². The van der Waals surface area contributed by atoms with Gasteiger partial charge in [0.15, 0.2) is 0 Å². The summed E-state index contributed by atoms with van der Waals surface area (Å²) in [6.45, 7) is 4.48. The fourth-order valence-corrected chi connectivity index (χ4v) is 2.53. The zero-order valence-corrected chi connectivity index (χ0v) is 11.3. The zero-order valence-electron chi connectivity index (χ0n) is 10.5. The molecule has 0 fully saturated rings. The molecule has 0 aliphatic rings. The third-order valence-electron chi connectivity index (χ3n) is 3.05. The van der Waals surface area contributed by atoms with Crippen molar-refractivity contribution in [1.82, 2.24) is 5.32 Å². The predicted octanol–water partition coefficient (Wildman–Crippen LogP) is 2.20. The Labute approximate surface area is 107 Å². The maximum absolute atomic E-state index is 11.6. The highest BCUT2D eigenvalue weighted by molar-refractivity contribution is 7.07. The Kier molecular flexibility index (Phi) is 6.22. The summed E-state index contributed by atoms with van der Waals surface area (Å²) in [6.07, 6.45) is 1.85. The number of carbonyl (C=O) groups is 1. The van der Waals surface area contributed by atoms with E-state index in [0.29, 0.717) is 13.0 Å². The Morgan fingerprint density at radius 1 is 1.47 bits per heavy atom. The topological polar surface area (TPSA) is 49.3 Å². The van der Waals surface area contributed by atoms with E-state index in [1.807, 2.05) is 16.8 Å². The first-order chi connectivity index (χ1) is 8.17. The molecule has 96 valence electrons. The highest BCUT2D eigenvalue weighted by Crippen LogP contribution is 2.12. The number of aliphatic hydroxyl groups is 1. The molecule has 0 radical (unpaired) electrons. The van der Waals surface area contributed by atoms with Crippen molar-refractivity contribution in [3.63, 3.8) is 0 Å². The predicted molar refractivity (Wildman–Crippen MR) is 71.1 cm³/mol. The van der Waals surface area contributed by atoms with Crippen molar-refractivity contribution in [2.45, 2.75) is 39.2 Å². The number of hydrogen-bond donors (Lipinski definition) is 2. The minimum Gasteiger partial charge on any atom is -0.391 e. The molecule has 1 aromatic rings. The van der Waals surface area contributed by atoms with Gasteiger partial charge >= 0.3 is 0 Å². The van der Waals surface area contributed by atoms with E-state index in [0.717, 1.165) is 18.4 Å². The summed E-state index contributed by atoms with van der Waals surface area (Å²) in [5.41, 5.74) is 1.03. The lowest BCUT2D eigenvalue weighted by Crippen LogP contribution is -2.36. The summed E-state index contributed by atoms with van der Waals surface area (Å²) in [6, 6.07) is 1.95. The van der Waals surface area contributed by atoms with Gasteiger partial charge in [0.25, 0.3) is 0 Å². The van der Waals surface area contributed by atoms with Gasteiger partial charge in [-0.05, 0) is 28.3 Å². The fraction of sp³-hybridized carbons (Fsp3) is 0.615. The molecule has 0 saturated heterocycles. The minimum absolute atomic E-state index is 0.0200.